The summed E-state index contributed by atoms with van der Waals surface area (Å²) in [5.41, 5.74) is 2.08. The van der Waals surface area contributed by atoms with Crippen molar-refractivity contribution in [2.24, 2.45) is 0 Å². The zero-order valence-electron chi connectivity index (χ0n) is 15.1. The standard InChI is InChI=1S/C21H23ClN2O3/c22-17-4-2-1-3-16(17)18-14-23-9-10-24(18)21(25)8-6-15-5-7-19-20(13-15)27-12-11-26-19/h1-5,7,13,18,23H,6,8-12,14H2. The number of piperazine rings is 1. The molecule has 0 aliphatic carbocycles. The molecule has 1 unspecified atom stereocenters. The molecule has 2 aromatic rings. The van der Waals surface area contributed by atoms with Gasteiger partial charge in [-0.2, -0.15) is 0 Å². The maximum atomic E-state index is 13.0. The minimum Gasteiger partial charge on any atom is -0.486 e. The molecular formula is C21H23ClN2O3. The van der Waals surface area contributed by atoms with E-state index in [1.54, 1.807) is 0 Å². The fraction of sp³-hybridized carbons (Fsp3) is 0.381. The molecule has 2 heterocycles. The molecule has 0 radical (unpaired) electrons. The predicted molar refractivity (Wildman–Crippen MR) is 105 cm³/mol. The van der Waals surface area contributed by atoms with Gasteiger partial charge in [0, 0.05) is 31.1 Å². The highest BCUT2D eigenvalue weighted by atomic mass is 35.5. The summed E-state index contributed by atoms with van der Waals surface area (Å²) < 4.78 is 11.2. The molecule has 0 spiro atoms. The maximum Gasteiger partial charge on any atom is 0.223 e. The first kappa shape index (κ1) is 18.1. The largest absolute Gasteiger partial charge is 0.486 e. The van der Waals surface area contributed by atoms with Crippen LogP contribution in [0.15, 0.2) is 42.5 Å². The molecule has 1 amide bonds. The van der Waals surface area contributed by atoms with Gasteiger partial charge in [-0.25, -0.2) is 0 Å². The number of fused-ring (bicyclic) bond motifs is 1. The molecule has 142 valence electrons. The highest BCUT2D eigenvalue weighted by Gasteiger charge is 2.28. The number of hydrogen-bond acceptors (Lipinski definition) is 4. The van der Waals surface area contributed by atoms with Crippen LogP contribution in [0, 0.1) is 0 Å². The van der Waals surface area contributed by atoms with Crippen LogP contribution in [0.1, 0.15) is 23.6 Å². The van der Waals surface area contributed by atoms with E-state index in [4.69, 9.17) is 21.1 Å². The molecule has 1 N–H and O–H groups in total. The highest BCUT2D eigenvalue weighted by molar-refractivity contribution is 6.31. The van der Waals surface area contributed by atoms with E-state index in [9.17, 15) is 4.79 Å². The van der Waals surface area contributed by atoms with Gasteiger partial charge >= 0.3 is 0 Å². The van der Waals surface area contributed by atoms with Crippen molar-refractivity contribution in [2.45, 2.75) is 18.9 Å². The molecule has 2 aliphatic heterocycles. The summed E-state index contributed by atoms with van der Waals surface area (Å²) in [6.07, 6.45) is 1.13. The highest BCUT2D eigenvalue weighted by Crippen LogP contribution is 2.32. The number of hydrogen-bond donors (Lipinski definition) is 1. The van der Waals surface area contributed by atoms with Crippen molar-refractivity contribution in [1.82, 2.24) is 10.2 Å². The number of amides is 1. The molecule has 0 bridgehead atoms. The van der Waals surface area contributed by atoms with E-state index < -0.39 is 0 Å². The minimum atomic E-state index is -0.0276. The van der Waals surface area contributed by atoms with Gasteiger partial charge in [-0.3, -0.25) is 4.79 Å². The Bertz CT molecular complexity index is 827. The van der Waals surface area contributed by atoms with E-state index in [-0.39, 0.29) is 11.9 Å². The van der Waals surface area contributed by atoms with Crippen LogP contribution >= 0.6 is 11.6 Å². The van der Waals surface area contributed by atoms with Gasteiger partial charge in [-0.1, -0.05) is 35.9 Å². The quantitative estimate of drug-likeness (QED) is 0.876. The average molecular weight is 387 g/mol. The lowest BCUT2D eigenvalue weighted by atomic mass is 10.0. The predicted octanol–water partition coefficient (Wildman–Crippen LogP) is 3.22. The van der Waals surface area contributed by atoms with E-state index in [0.717, 1.165) is 35.7 Å². The Labute approximate surface area is 164 Å². The van der Waals surface area contributed by atoms with Gasteiger partial charge in [-0.15, -0.1) is 0 Å². The van der Waals surface area contributed by atoms with Gasteiger partial charge in [0.05, 0.1) is 6.04 Å². The first-order valence-corrected chi connectivity index (χ1v) is 9.73. The zero-order chi connectivity index (χ0) is 18.6. The third kappa shape index (κ3) is 4.04. The second-order valence-electron chi connectivity index (χ2n) is 6.81. The summed E-state index contributed by atoms with van der Waals surface area (Å²) in [5.74, 6) is 1.69. The Morgan fingerprint density at radius 3 is 2.81 bits per heavy atom. The van der Waals surface area contributed by atoms with E-state index >= 15 is 0 Å². The summed E-state index contributed by atoms with van der Waals surface area (Å²) in [4.78, 5) is 14.9. The third-order valence-corrected chi connectivity index (χ3v) is 5.41. The maximum absolute atomic E-state index is 13.0. The number of nitrogens with one attached hydrogen (secondary N) is 1. The molecule has 2 aliphatic rings. The van der Waals surface area contributed by atoms with Crippen molar-refractivity contribution in [3.8, 4) is 11.5 Å². The van der Waals surface area contributed by atoms with Crippen molar-refractivity contribution in [3.63, 3.8) is 0 Å². The van der Waals surface area contributed by atoms with Gasteiger partial charge in [0.1, 0.15) is 13.2 Å². The molecular weight excluding hydrogens is 364 g/mol. The minimum absolute atomic E-state index is 0.0276. The van der Waals surface area contributed by atoms with Crippen LogP contribution in [-0.4, -0.2) is 43.7 Å². The lowest BCUT2D eigenvalue weighted by Gasteiger charge is -2.37. The Balaban J connectivity index is 1.44. The Hall–Kier alpha value is -2.24. The number of nitrogens with zero attached hydrogens (tertiary/aromatic N) is 1. The number of rotatable bonds is 4. The van der Waals surface area contributed by atoms with Gasteiger partial charge < -0.3 is 19.7 Å². The van der Waals surface area contributed by atoms with Crippen molar-refractivity contribution in [3.05, 3.63) is 58.6 Å². The normalized spacial score (nSPS) is 19.0. The van der Waals surface area contributed by atoms with E-state index in [0.29, 0.717) is 37.6 Å². The van der Waals surface area contributed by atoms with Crippen molar-refractivity contribution in [1.29, 1.82) is 0 Å². The van der Waals surface area contributed by atoms with Gasteiger partial charge in [0.25, 0.3) is 0 Å². The number of ether oxygens (including phenoxy) is 2. The van der Waals surface area contributed by atoms with Crippen molar-refractivity contribution in [2.75, 3.05) is 32.8 Å². The van der Waals surface area contributed by atoms with Gasteiger partial charge in [0.2, 0.25) is 5.91 Å². The molecule has 1 atom stereocenters. The van der Waals surface area contributed by atoms with Gasteiger partial charge in [-0.05, 0) is 35.7 Å². The Kier molecular flexibility index (Phi) is 5.50. The van der Waals surface area contributed by atoms with Crippen LogP contribution in [-0.2, 0) is 11.2 Å². The topological polar surface area (TPSA) is 50.8 Å². The van der Waals surface area contributed by atoms with Crippen LogP contribution < -0.4 is 14.8 Å². The summed E-state index contributed by atoms with van der Waals surface area (Å²) in [6, 6.07) is 13.6. The molecule has 4 rings (SSSR count). The molecule has 1 saturated heterocycles. The first-order chi connectivity index (χ1) is 13.2. The lowest BCUT2D eigenvalue weighted by Crippen LogP contribution is -2.48. The number of benzene rings is 2. The summed E-state index contributed by atoms with van der Waals surface area (Å²) in [5, 5.41) is 4.07. The summed E-state index contributed by atoms with van der Waals surface area (Å²) in [7, 11) is 0. The van der Waals surface area contributed by atoms with Crippen LogP contribution in [0.25, 0.3) is 0 Å². The fourth-order valence-electron chi connectivity index (χ4n) is 3.66. The van der Waals surface area contributed by atoms with E-state index in [1.165, 1.54) is 0 Å². The smallest absolute Gasteiger partial charge is 0.223 e. The first-order valence-electron chi connectivity index (χ1n) is 9.35. The van der Waals surface area contributed by atoms with Crippen LogP contribution in [0.5, 0.6) is 11.5 Å². The molecule has 2 aromatic carbocycles. The second-order valence-corrected chi connectivity index (χ2v) is 7.21. The monoisotopic (exact) mass is 386 g/mol. The molecule has 27 heavy (non-hydrogen) atoms. The second kappa shape index (κ2) is 8.19. The SMILES string of the molecule is O=C(CCc1ccc2c(c1)OCCO2)N1CCNCC1c1ccccc1Cl. The average Bonchev–Trinajstić information content (AvgIpc) is 2.72. The lowest BCUT2D eigenvalue weighted by molar-refractivity contribution is -0.134. The molecule has 6 heteroatoms. The number of carbonyl (C=O) groups is 1. The van der Waals surface area contributed by atoms with E-state index in [1.807, 2.05) is 47.4 Å². The van der Waals surface area contributed by atoms with Crippen LogP contribution in [0.2, 0.25) is 5.02 Å². The molecule has 0 saturated carbocycles. The fourth-order valence-corrected chi connectivity index (χ4v) is 3.93. The Morgan fingerprint density at radius 2 is 1.96 bits per heavy atom. The summed E-state index contributed by atoms with van der Waals surface area (Å²) in [6.45, 7) is 3.36. The van der Waals surface area contributed by atoms with Gasteiger partial charge in [0.15, 0.2) is 11.5 Å². The molecule has 1 fully saturated rings. The zero-order valence-corrected chi connectivity index (χ0v) is 15.9. The number of carbonyl (C=O) groups excluding carboxylic acids is 1. The van der Waals surface area contributed by atoms with E-state index in [2.05, 4.69) is 5.32 Å². The molecule has 5 nitrogen and oxygen atoms in total. The van der Waals surface area contributed by atoms with Crippen molar-refractivity contribution >= 4 is 17.5 Å². The van der Waals surface area contributed by atoms with Crippen LogP contribution in [0.3, 0.4) is 0 Å². The molecule has 0 aromatic heterocycles. The number of halogens is 1. The summed E-state index contributed by atoms with van der Waals surface area (Å²) >= 11 is 6.38. The third-order valence-electron chi connectivity index (χ3n) is 5.06. The number of aryl methyl sites for hydroxylation is 1. The Morgan fingerprint density at radius 1 is 1.15 bits per heavy atom. The van der Waals surface area contributed by atoms with Crippen molar-refractivity contribution < 1.29 is 14.3 Å². The van der Waals surface area contributed by atoms with Crippen LogP contribution in [0.4, 0.5) is 0 Å².